The van der Waals surface area contributed by atoms with Crippen LogP contribution in [0, 0.1) is 5.82 Å². The number of rotatable bonds is 3. The van der Waals surface area contributed by atoms with E-state index in [4.69, 9.17) is 4.52 Å². The van der Waals surface area contributed by atoms with Crippen LogP contribution in [0.3, 0.4) is 0 Å². The van der Waals surface area contributed by atoms with Crippen molar-refractivity contribution in [1.82, 2.24) is 10.5 Å². The van der Waals surface area contributed by atoms with Crippen molar-refractivity contribution in [2.75, 3.05) is 0 Å². The number of aryl methyl sites for hydroxylation is 1. The van der Waals surface area contributed by atoms with E-state index in [9.17, 15) is 9.18 Å². The summed E-state index contributed by atoms with van der Waals surface area (Å²) >= 11 is 0. The Morgan fingerprint density at radius 3 is 3.09 bits per heavy atom. The molecule has 1 atom stereocenters. The Hall–Kier alpha value is -2.69. The van der Waals surface area contributed by atoms with E-state index in [1.165, 1.54) is 6.07 Å². The van der Waals surface area contributed by atoms with Crippen LogP contribution in [0.1, 0.15) is 29.3 Å². The third-order valence-corrected chi connectivity index (χ3v) is 4.30. The van der Waals surface area contributed by atoms with E-state index >= 15 is 0 Å². The molecule has 116 valence electrons. The highest BCUT2D eigenvalue weighted by atomic mass is 19.1. The van der Waals surface area contributed by atoms with Gasteiger partial charge in [0.25, 0.3) is 0 Å². The van der Waals surface area contributed by atoms with Crippen LogP contribution in [0.2, 0.25) is 0 Å². The molecule has 23 heavy (non-hydrogen) atoms. The summed E-state index contributed by atoms with van der Waals surface area (Å²) < 4.78 is 18.5. The van der Waals surface area contributed by atoms with Gasteiger partial charge in [0.1, 0.15) is 11.5 Å². The maximum absolute atomic E-state index is 13.2. The number of hydrogen-bond acceptors (Lipinski definition) is 3. The fraction of sp³-hybridized carbons (Fsp3) is 0.222. The molecule has 1 aliphatic carbocycles. The monoisotopic (exact) mass is 310 g/mol. The maximum atomic E-state index is 13.2. The number of amides is 1. The summed E-state index contributed by atoms with van der Waals surface area (Å²) in [5.41, 5.74) is 3.29. The van der Waals surface area contributed by atoms with Gasteiger partial charge in [0, 0.05) is 5.39 Å². The van der Waals surface area contributed by atoms with Crippen LogP contribution in [0.25, 0.3) is 11.0 Å². The lowest BCUT2D eigenvalue weighted by atomic mass is 10.1. The Morgan fingerprint density at radius 2 is 2.17 bits per heavy atom. The second-order valence-corrected chi connectivity index (χ2v) is 5.80. The fourth-order valence-corrected chi connectivity index (χ4v) is 3.20. The number of halogens is 1. The van der Waals surface area contributed by atoms with Gasteiger partial charge in [-0.05, 0) is 48.2 Å². The van der Waals surface area contributed by atoms with E-state index in [0.717, 1.165) is 29.4 Å². The molecule has 0 bridgehead atoms. The predicted molar refractivity (Wildman–Crippen MR) is 83.3 cm³/mol. The summed E-state index contributed by atoms with van der Waals surface area (Å²) in [6, 6.07) is 12.2. The molecule has 4 rings (SSSR count). The van der Waals surface area contributed by atoms with E-state index in [-0.39, 0.29) is 24.2 Å². The first-order valence-corrected chi connectivity index (χ1v) is 7.62. The number of para-hydroxylation sites is 1. The molecule has 2 aromatic carbocycles. The van der Waals surface area contributed by atoms with Crippen molar-refractivity contribution < 1.29 is 13.7 Å². The van der Waals surface area contributed by atoms with Crippen molar-refractivity contribution in [2.24, 2.45) is 0 Å². The zero-order chi connectivity index (χ0) is 15.8. The minimum Gasteiger partial charge on any atom is -0.356 e. The molecular formula is C18H15FN2O2. The Morgan fingerprint density at radius 1 is 1.30 bits per heavy atom. The molecule has 0 saturated heterocycles. The van der Waals surface area contributed by atoms with E-state index in [1.54, 1.807) is 12.1 Å². The van der Waals surface area contributed by atoms with Gasteiger partial charge in [0.05, 0.1) is 12.5 Å². The summed E-state index contributed by atoms with van der Waals surface area (Å²) in [7, 11) is 0. The molecule has 1 unspecified atom stereocenters. The molecule has 5 heteroatoms. The first-order chi connectivity index (χ1) is 11.2. The van der Waals surface area contributed by atoms with E-state index in [2.05, 4.69) is 10.5 Å². The van der Waals surface area contributed by atoms with Gasteiger partial charge in [-0.15, -0.1) is 0 Å². The SMILES string of the molecule is O=C(Cc1noc2ccccc12)NC1CCc2cc(F)ccc21. The van der Waals surface area contributed by atoms with Crippen molar-refractivity contribution in [2.45, 2.75) is 25.3 Å². The lowest BCUT2D eigenvalue weighted by Gasteiger charge is -2.13. The largest absolute Gasteiger partial charge is 0.356 e. The van der Waals surface area contributed by atoms with Crippen LogP contribution in [0.4, 0.5) is 4.39 Å². The third-order valence-electron chi connectivity index (χ3n) is 4.30. The normalized spacial score (nSPS) is 16.5. The van der Waals surface area contributed by atoms with Gasteiger partial charge in [0.2, 0.25) is 5.91 Å². The van der Waals surface area contributed by atoms with Gasteiger partial charge in [-0.25, -0.2) is 4.39 Å². The smallest absolute Gasteiger partial charge is 0.226 e. The number of nitrogens with zero attached hydrogens (tertiary/aromatic N) is 1. The van der Waals surface area contributed by atoms with Crippen molar-refractivity contribution >= 4 is 16.9 Å². The molecule has 0 saturated carbocycles. The summed E-state index contributed by atoms with van der Waals surface area (Å²) in [6.45, 7) is 0. The van der Waals surface area contributed by atoms with Gasteiger partial charge in [-0.1, -0.05) is 23.4 Å². The van der Waals surface area contributed by atoms with Gasteiger partial charge >= 0.3 is 0 Å². The molecule has 1 heterocycles. The molecule has 0 aliphatic heterocycles. The predicted octanol–water partition coefficient (Wildman–Crippen LogP) is 3.31. The van der Waals surface area contributed by atoms with Crippen molar-refractivity contribution in [3.8, 4) is 0 Å². The van der Waals surface area contributed by atoms with Gasteiger partial charge in [-0.2, -0.15) is 0 Å². The fourth-order valence-electron chi connectivity index (χ4n) is 3.20. The molecular weight excluding hydrogens is 295 g/mol. The minimum absolute atomic E-state index is 0.0590. The number of aromatic nitrogens is 1. The molecule has 0 fully saturated rings. The van der Waals surface area contributed by atoms with Gasteiger partial charge < -0.3 is 9.84 Å². The number of nitrogens with one attached hydrogen (secondary N) is 1. The van der Waals surface area contributed by atoms with E-state index in [0.29, 0.717) is 11.3 Å². The van der Waals surface area contributed by atoms with Crippen molar-refractivity contribution in [3.05, 3.63) is 65.1 Å². The van der Waals surface area contributed by atoms with E-state index < -0.39 is 0 Å². The van der Waals surface area contributed by atoms with Crippen LogP contribution in [-0.4, -0.2) is 11.1 Å². The average molecular weight is 310 g/mol. The first kappa shape index (κ1) is 13.9. The van der Waals surface area contributed by atoms with Crippen LogP contribution in [0.5, 0.6) is 0 Å². The van der Waals surface area contributed by atoms with Crippen LogP contribution in [-0.2, 0) is 17.6 Å². The molecule has 0 spiro atoms. The lowest BCUT2D eigenvalue weighted by Crippen LogP contribution is -2.28. The molecule has 1 aliphatic rings. The zero-order valence-corrected chi connectivity index (χ0v) is 12.4. The van der Waals surface area contributed by atoms with Crippen LogP contribution < -0.4 is 5.32 Å². The van der Waals surface area contributed by atoms with Crippen LogP contribution >= 0.6 is 0 Å². The first-order valence-electron chi connectivity index (χ1n) is 7.62. The van der Waals surface area contributed by atoms with Crippen molar-refractivity contribution in [1.29, 1.82) is 0 Å². The molecule has 1 N–H and O–H groups in total. The number of carbonyl (C=O) groups excluding carboxylic acids is 1. The summed E-state index contributed by atoms with van der Waals surface area (Å²) in [5, 5.41) is 7.85. The minimum atomic E-state index is -0.232. The summed E-state index contributed by atoms with van der Waals surface area (Å²) in [5.74, 6) is -0.337. The van der Waals surface area contributed by atoms with E-state index in [1.807, 2.05) is 24.3 Å². The second-order valence-electron chi connectivity index (χ2n) is 5.80. The molecule has 4 nitrogen and oxygen atoms in total. The molecule has 1 amide bonds. The van der Waals surface area contributed by atoms with Crippen molar-refractivity contribution in [3.63, 3.8) is 0 Å². The summed E-state index contributed by atoms with van der Waals surface area (Å²) in [4.78, 5) is 12.3. The highest BCUT2D eigenvalue weighted by molar-refractivity contribution is 5.86. The second kappa shape index (κ2) is 5.50. The van der Waals surface area contributed by atoms with Gasteiger partial charge in [0.15, 0.2) is 5.58 Å². The Labute approximate surface area is 132 Å². The number of fused-ring (bicyclic) bond motifs is 2. The quantitative estimate of drug-likeness (QED) is 0.807. The number of hydrogen-bond donors (Lipinski definition) is 1. The molecule has 1 aromatic heterocycles. The number of carbonyl (C=O) groups is 1. The summed E-state index contributed by atoms with van der Waals surface area (Å²) in [6.07, 6.45) is 1.75. The molecule has 3 aromatic rings. The highest BCUT2D eigenvalue weighted by Gasteiger charge is 2.24. The zero-order valence-electron chi connectivity index (χ0n) is 12.4. The van der Waals surface area contributed by atoms with Gasteiger partial charge in [-0.3, -0.25) is 4.79 Å². The average Bonchev–Trinajstić information content (AvgIpc) is 3.12. The Bertz CT molecular complexity index is 888. The third kappa shape index (κ3) is 2.59. The Kier molecular flexibility index (Phi) is 3.33. The number of benzene rings is 2. The molecule has 0 radical (unpaired) electrons. The topological polar surface area (TPSA) is 55.1 Å². The lowest BCUT2D eigenvalue weighted by molar-refractivity contribution is -0.121. The van der Waals surface area contributed by atoms with Crippen LogP contribution in [0.15, 0.2) is 47.0 Å². The maximum Gasteiger partial charge on any atom is 0.226 e. The standard InChI is InChI=1S/C18H15FN2O2/c19-12-6-7-13-11(9-12)5-8-15(13)20-18(22)10-16-14-3-1-2-4-17(14)23-21-16/h1-4,6-7,9,15H,5,8,10H2,(H,20,22). The highest BCUT2D eigenvalue weighted by Crippen LogP contribution is 2.31. The Balaban J connectivity index is 1.49.